The molecule has 3 nitrogen and oxygen atoms in total. The third kappa shape index (κ3) is 3.91. The maximum Gasteiger partial charge on any atom is 0.246 e. The first-order valence-corrected chi connectivity index (χ1v) is 7.30. The molecule has 2 rings (SSSR count). The normalized spacial score (nSPS) is 22.5. The molecule has 2 atom stereocenters. The Hall–Kier alpha value is -1.75. The molecule has 1 aliphatic heterocycles. The third-order valence-corrected chi connectivity index (χ3v) is 3.61. The fraction of sp³-hybridized carbons (Fsp3) is 0.471. The lowest BCUT2D eigenvalue weighted by molar-refractivity contribution is -0.127. The molecule has 1 aliphatic rings. The Morgan fingerprint density at radius 3 is 2.68 bits per heavy atom. The molecule has 0 radical (unpaired) electrons. The van der Waals surface area contributed by atoms with E-state index in [-0.39, 0.29) is 29.9 Å². The van der Waals surface area contributed by atoms with Gasteiger partial charge in [-0.3, -0.25) is 4.79 Å². The summed E-state index contributed by atoms with van der Waals surface area (Å²) in [6.45, 7) is 5.99. The molecule has 0 bridgehead atoms. The van der Waals surface area contributed by atoms with Crippen molar-refractivity contribution in [2.24, 2.45) is 5.41 Å². The second-order valence-corrected chi connectivity index (χ2v) is 6.76. The van der Waals surface area contributed by atoms with Gasteiger partial charge in [-0.05, 0) is 36.1 Å². The standard InChI is InChI=1S/C17H21F2NO2/c1-17(2,3)7-6-16(22)20-10-12(21)9-15(20)13-8-11(18)4-5-14(13)19/h4-8,12,15,21H,9-10H2,1-3H3/b7-6+. The first-order valence-electron chi connectivity index (χ1n) is 7.30. The Morgan fingerprint density at radius 2 is 2.05 bits per heavy atom. The topological polar surface area (TPSA) is 40.5 Å². The van der Waals surface area contributed by atoms with Gasteiger partial charge in [-0.25, -0.2) is 8.78 Å². The zero-order chi connectivity index (χ0) is 16.5. The van der Waals surface area contributed by atoms with E-state index in [0.717, 1.165) is 18.2 Å². The number of hydrogen-bond donors (Lipinski definition) is 1. The van der Waals surface area contributed by atoms with Gasteiger partial charge in [0.25, 0.3) is 0 Å². The zero-order valence-electron chi connectivity index (χ0n) is 13.0. The van der Waals surface area contributed by atoms with Crippen LogP contribution >= 0.6 is 0 Å². The number of nitrogens with zero attached hydrogens (tertiary/aromatic N) is 1. The summed E-state index contributed by atoms with van der Waals surface area (Å²) in [5.41, 5.74) is -0.0535. The summed E-state index contributed by atoms with van der Waals surface area (Å²) in [5.74, 6) is -1.44. The molecule has 0 aromatic heterocycles. The van der Waals surface area contributed by atoms with Crippen LogP contribution in [0.5, 0.6) is 0 Å². The number of aliphatic hydroxyl groups excluding tert-OH is 1. The molecule has 2 unspecified atom stereocenters. The van der Waals surface area contributed by atoms with E-state index in [2.05, 4.69) is 0 Å². The molecule has 1 heterocycles. The van der Waals surface area contributed by atoms with Gasteiger partial charge in [0.2, 0.25) is 5.91 Å². The van der Waals surface area contributed by atoms with Crippen molar-refractivity contribution in [1.29, 1.82) is 0 Å². The van der Waals surface area contributed by atoms with Crippen LogP contribution in [0.1, 0.15) is 38.8 Å². The molecule has 1 fully saturated rings. The molecule has 1 aromatic carbocycles. The van der Waals surface area contributed by atoms with Gasteiger partial charge in [-0.15, -0.1) is 0 Å². The number of allylic oxidation sites excluding steroid dienone is 1. The predicted octanol–water partition coefficient (Wildman–Crippen LogP) is 3.20. The van der Waals surface area contributed by atoms with Gasteiger partial charge in [-0.1, -0.05) is 26.8 Å². The second kappa shape index (κ2) is 6.16. The number of hydrogen-bond acceptors (Lipinski definition) is 2. The summed E-state index contributed by atoms with van der Waals surface area (Å²) in [6.07, 6.45) is 2.66. The third-order valence-electron chi connectivity index (χ3n) is 3.61. The van der Waals surface area contributed by atoms with E-state index in [4.69, 9.17) is 0 Å². The van der Waals surface area contributed by atoms with Crippen LogP contribution in [0.3, 0.4) is 0 Å². The highest BCUT2D eigenvalue weighted by Crippen LogP contribution is 2.34. The number of halogens is 2. The van der Waals surface area contributed by atoms with Crippen molar-refractivity contribution in [2.75, 3.05) is 6.54 Å². The monoisotopic (exact) mass is 309 g/mol. The van der Waals surface area contributed by atoms with Crippen LogP contribution in [-0.2, 0) is 4.79 Å². The summed E-state index contributed by atoms with van der Waals surface area (Å²) in [7, 11) is 0. The minimum absolute atomic E-state index is 0.106. The van der Waals surface area contributed by atoms with Crippen LogP contribution in [0.4, 0.5) is 8.78 Å². The van der Waals surface area contributed by atoms with Crippen LogP contribution in [0, 0.1) is 17.0 Å². The number of β-amino-alcohol motifs (C(OH)–C–C–N with tert-alkyl or cyclic N) is 1. The van der Waals surface area contributed by atoms with E-state index in [1.54, 1.807) is 6.08 Å². The van der Waals surface area contributed by atoms with Gasteiger partial charge in [-0.2, -0.15) is 0 Å². The number of benzene rings is 1. The van der Waals surface area contributed by atoms with Crippen molar-refractivity contribution >= 4 is 5.91 Å². The van der Waals surface area contributed by atoms with E-state index >= 15 is 0 Å². The first-order chi connectivity index (χ1) is 10.2. The number of carbonyl (C=O) groups excluding carboxylic acids is 1. The largest absolute Gasteiger partial charge is 0.391 e. The Kier molecular flexibility index (Phi) is 4.66. The lowest BCUT2D eigenvalue weighted by atomic mass is 9.96. The van der Waals surface area contributed by atoms with Gasteiger partial charge in [0.05, 0.1) is 12.1 Å². The summed E-state index contributed by atoms with van der Waals surface area (Å²) >= 11 is 0. The van der Waals surface area contributed by atoms with Crippen LogP contribution < -0.4 is 0 Å². The highest BCUT2D eigenvalue weighted by Gasteiger charge is 2.36. The average Bonchev–Trinajstić information content (AvgIpc) is 2.80. The Bertz CT molecular complexity index is 593. The van der Waals surface area contributed by atoms with E-state index in [0.29, 0.717) is 0 Å². The Balaban J connectivity index is 2.28. The van der Waals surface area contributed by atoms with Gasteiger partial charge < -0.3 is 10.0 Å². The smallest absolute Gasteiger partial charge is 0.246 e. The second-order valence-electron chi connectivity index (χ2n) is 6.76. The minimum atomic E-state index is -0.736. The van der Waals surface area contributed by atoms with Gasteiger partial charge >= 0.3 is 0 Å². The number of aliphatic hydroxyl groups is 1. The fourth-order valence-corrected chi connectivity index (χ4v) is 2.54. The number of carbonyl (C=O) groups is 1. The molecular formula is C17H21F2NO2. The summed E-state index contributed by atoms with van der Waals surface area (Å²) in [5, 5.41) is 9.83. The van der Waals surface area contributed by atoms with E-state index < -0.39 is 23.8 Å². The van der Waals surface area contributed by atoms with Crippen LogP contribution in [-0.4, -0.2) is 28.6 Å². The summed E-state index contributed by atoms with van der Waals surface area (Å²) in [4.78, 5) is 13.7. The van der Waals surface area contributed by atoms with Crippen molar-refractivity contribution in [3.8, 4) is 0 Å². The molecule has 1 saturated heterocycles. The highest BCUT2D eigenvalue weighted by molar-refractivity contribution is 5.88. The van der Waals surface area contributed by atoms with Gasteiger partial charge in [0, 0.05) is 12.1 Å². The van der Waals surface area contributed by atoms with Crippen LogP contribution in [0.2, 0.25) is 0 Å². The molecular weight excluding hydrogens is 288 g/mol. The van der Waals surface area contributed by atoms with Gasteiger partial charge in [0.15, 0.2) is 0 Å². The molecule has 0 spiro atoms. The maximum absolute atomic E-state index is 14.0. The first kappa shape index (κ1) is 16.6. The van der Waals surface area contributed by atoms with Crippen molar-refractivity contribution in [3.63, 3.8) is 0 Å². The molecule has 1 amide bonds. The quantitative estimate of drug-likeness (QED) is 0.852. The fourth-order valence-electron chi connectivity index (χ4n) is 2.54. The predicted molar refractivity (Wildman–Crippen MR) is 80.0 cm³/mol. The van der Waals surface area contributed by atoms with Crippen LogP contribution in [0.15, 0.2) is 30.4 Å². The molecule has 0 saturated carbocycles. The lowest BCUT2D eigenvalue weighted by Crippen LogP contribution is -2.31. The SMILES string of the molecule is CC(C)(C)/C=C/C(=O)N1CC(O)CC1c1cc(F)ccc1F. The number of likely N-dealkylation sites (tertiary alicyclic amines) is 1. The summed E-state index contributed by atoms with van der Waals surface area (Å²) < 4.78 is 27.3. The van der Waals surface area contributed by atoms with E-state index in [9.17, 15) is 18.7 Å². The van der Waals surface area contributed by atoms with Crippen molar-refractivity contribution in [3.05, 3.63) is 47.5 Å². The van der Waals surface area contributed by atoms with Gasteiger partial charge in [0.1, 0.15) is 11.6 Å². The van der Waals surface area contributed by atoms with Crippen molar-refractivity contribution in [1.82, 2.24) is 4.90 Å². The average molecular weight is 309 g/mol. The Morgan fingerprint density at radius 1 is 1.36 bits per heavy atom. The number of amides is 1. The van der Waals surface area contributed by atoms with Crippen molar-refractivity contribution < 1.29 is 18.7 Å². The number of rotatable bonds is 2. The minimum Gasteiger partial charge on any atom is -0.391 e. The maximum atomic E-state index is 14.0. The Labute approximate surface area is 129 Å². The van der Waals surface area contributed by atoms with E-state index in [1.807, 2.05) is 20.8 Å². The van der Waals surface area contributed by atoms with E-state index in [1.165, 1.54) is 11.0 Å². The molecule has 1 N–H and O–H groups in total. The molecule has 1 aromatic rings. The molecule has 0 aliphatic carbocycles. The van der Waals surface area contributed by atoms with Crippen molar-refractivity contribution in [2.45, 2.75) is 39.3 Å². The molecule has 22 heavy (non-hydrogen) atoms. The summed E-state index contributed by atoms with van der Waals surface area (Å²) in [6, 6.07) is 2.52. The molecule has 120 valence electrons. The highest BCUT2D eigenvalue weighted by atomic mass is 19.1. The molecule has 5 heteroatoms. The zero-order valence-corrected chi connectivity index (χ0v) is 13.0. The van der Waals surface area contributed by atoms with Crippen LogP contribution in [0.25, 0.3) is 0 Å². The lowest BCUT2D eigenvalue weighted by Gasteiger charge is -2.24.